The van der Waals surface area contributed by atoms with E-state index in [-0.39, 0.29) is 16.4 Å². The summed E-state index contributed by atoms with van der Waals surface area (Å²) in [6, 6.07) is 13.2. The number of hydrogen-bond acceptors (Lipinski definition) is 7. The van der Waals surface area contributed by atoms with Crippen molar-refractivity contribution >= 4 is 27.3 Å². The van der Waals surface area contributed by atoms with Gasteiger partial charge in [0, 0.05) is 32.0 Å². The Hall–Kier alpha value is -2.91. The van der Waals surface area contributed by atoms with Gasteiger partial charge in [0.25, 0.3) is 0 Å². The van der Waals surface area contributed by atoms with Gasteiger partial charge >= 0.3 is 0 Å². The fraction of sp³-hybridized carbons (Fsp3) is 0.263. The minimum atomic E-state index is -3.74. The molecule has 28 heavy (non-hydrogen) atoms. The molecule has 0 aliphatic carbocycles. The monoisotopic (exact) mass is 401 g/mol. The van der Waals surface area contributed by atoms with Gasteiger partial charge < -0.3 is 15.3 Å². The predicted octanol–water partition coefficient (Wildman–Crippen LogP) is 2.51. The van der Waals surface area contributed by atoms with E-state index in [1.165, 1.54) is 0 Å². The quantitative estimate of drug-likeness (QED) is 0.532. The summed E-state index contributed by atoms with van der Waals surface area (Å²) in [6.07, 6.45) is 0.499. The van der Waals surface area contributed by atoms with Crippen LogP contribution in [0.1, 0.15) is 12.1 Å². The number of sulfone groups is 1. The number of H-pyrrole nitrogens is 1. The number of aromatic amines is 1. The number of pyridine rings is 1. The molecule has 0 spiro atoms. The number of rotatable bonds is 8. The maximum absolute atomic E-state index is 13.2. The molecule has 0 saturated heterocycles. The van der Waals surface area contributed by atoms with E-state index in [0.29, 0.717) is 30.4 Å². The van der Waals surface area contributed by atoms with Gasteiger partial charge in [0.05, 0.1) is 4.90 Å². The van der Waals surface area contributed by atoms with Crippen LogP contribution in [0.2, 0.25) is 0 Å². The molecule has 0 fully saturated rings. The lowest BCUT2D eigenvalue weighted by atomic mass is 10.3. The molecule has 0 unspecified atom stereocenters. The molecule has 0 aliphatic rings. The molecule has 3 aromatic rings. The average molecular weight is 401 g/mol. The first-order valence-electron chi connectivity index (χ1n) is 8.84. The van der Waals surface area contributed by atoms with Crippen LogP contribution in [0.5, 0.6) is 0 Å². The van der Waals surface area contributed by atoms with Crippen LogP contribution < -0.4 is 10.2 Å². The Morgan fingerprint density at radius 3 is 2.54 bits per heavy atom. The van der Waals surface area contributed by atoms with Gasteiger partial charge in [0.15, 0.2) is 5.82 Å². The van der Waals surface area contributed by atoms with Crippen LogP contribution in [0.4, 0.5) is 17.5 Å². The molecular weight excluding hydrogens is 378 g/mol. The lowest BCUT2D eigenvalue weighted by Crippen LogP contribution is -2.23. The summed E-state index contributed by atoms with van der Waals surface area (Å²) in [5.74, 6) is 1.38. The molecule has 148 valence electrons. The third-order valence-electron chi connectivity index (χ3n) is 4.16. The summed E-state index contributed by atoms with van der Waals surface area (Å²) < 4.78 is 26.3. The minimum absolute atomic E-state index is 0.00952. The lowest BCUT2D eigenvalue weighted by Gasteiger charge is -2.21. The van der Waals surface area contributed by atoms with Crippen molar-refractivity contribution in [2.24, 2.45) is 0 Å². The number of hydrogen-bond donors (Lipinski definition) is 3. The summed E-state index contributed by atoms with van der Waals surface area (Å²) in [4.78, 5) is 6.57. The van der Waals surface area contributed by atoms with Crippen molar-refractivity contribution in [3.63, 3.8) is 0 Å². The van der Waals surface area contributed by atoms with Crippen LogP contribution in [0.3, 0.4) is 0 Å². The number of aliphatic hydroxyl groups excluding tert-OH is 1. The highest BCUT2D eigenvalue weighted by molar-refractivity contribution is 7.91. The van der Waals surface area contributed by atoms with Crippen molar-refractivity contribution in [1.29, 1.82) is 0 Å². The fourth-order valence-corrected chi connectivity index (χ4v) is 4.20. The standard InChI is InChI=1S/C19H23N5O3S/c1-14-13-18(23-22-14)20-17-10-9-16(19(21-17)24(2)11-6-12-25)28(26,27)15-7-4-3-5-8-15/h3-5,7-10,13,25H,6,11-12H2,1-2H3,(H2,20,21,22,23). The maximum Gasteiger partial charge on any atom is 0.210 e. The van der Waals surface area contributed by atoms with Crippen molar-refractivity contribution in [3.8, 4) is 0 Å². The second-order valence-corrected chi connectivity index (χ2v) is 8.31. The van der Waals surface area contributed by atoms with E-state index < -0.39 is 9.84 Å². The first-order chi connectivity index (χ1) is 13.4. The number of nitrogens with one attached hydrogen (secondary N) is 2. The third kappa shape index (κ3) is 4.32. The van der Waals surface area contributed by atoms with Crippen molar-refractivity contribution in [2.75, 3.05) is 30.4 Å². The Kier molecular flexibility index (Phi) is 5.96. The van der Waals surface area contributed by atoms with E-state index in [4.69, 9.17) is 5.11 Å². The minimum Gasteiger partial charge on any atom is -0.396 e. The van der Waals surface area contributed by atoms with Crippen LogP contribution in [0.15, 0.2) is 58.3 Å². The summed E-state index contributed by atoms with van der Waals surface area (Å²) in [5.41, 5.74) is 0.895. The number of nitrogens with zero attached hydrogens (tertiary/aromatic N) is 3. The Morgan fingerprint density at radius 2 is 1.89 bits per heavy atom. The zero-order valence-electron chi connectivity index (χ0n) is 15.8. The molecule has 8 nitrogen and oxygen atoms in total. The van der Waals surface area contributed by atoms with E-state index in [2.05, 4.69) is 20.5 Å². The first-order valence-corrected chi connectivity index (χ1v) is 10.3. The fourth-order valence-electron chi connectivity index (χ4n) is 2.74. The topological polar surface area (TPSA) is 111 Å². The second-order valence-electron chi connectivity index (χ2n) is 6.39. The number of aromatic nitrogens is 3. The highest BCUT2D eigenvalue weighted by Gasteiger charge is 2.24. The Bertz CT molecular complexity index is 1030. The molecule has 0 amide bonds. The van der Waals surface area contributed by atoms with Gasteiger partial charge in [-0.2, -0.15) is 5.10 Å². The molecule has 9 heteroatoms. The van der Waals surface area contributed by atoms with Crippen LogP contribution in [-0.4, -0.2) is 48.9 Å². The molecule has 1 aromatic carbocycles. The van der Waals surface area contributed by atoms with E-state index >= 15 is 0 Å². The van der Waals surface area contributed by atoms with Gasteiger partial charge in [-0.25, -0.2) is 13.4 Å². The Labute approximate surface area is 164 Å². The normalized spacial score (nSPS) is 11.4. The molecule has 0 saturated carbocycles. The molecule has 0 bridgehead atoms. The summed E-state index contributed by atoms with van der Waals surface area (Å²) in [5, 5.41) is 19.2. The molecule has 2 heterocycles. The SMILES string of the molecule is Cc1cc(Nc2ccc(S(=O)(=O)c3ccccc3)c(N(C)CCCO)n2)n[nH]1. The van der Waals surface area contributed by atoms with Gasteiger partial charge in [-0.3, -0.25) is 5.10 Å². The lowest BCUT2D eigenvalue weighted by molar-refractivity contribution is 0.290. The molecule has 0 radical (unpaired) electrons. The summed E-state index contributed by atoms with van der Waals surface area (Å²) in [7, 11) is -1.99. The van der Waals surface area contributed by atoms with Crippen molar-refractivity contribution < 1.29 is 13.5 Å². The van der Waals surface area contributed by atoms with Gasteiger partial charge in [-0.05, 0) is 37.6 Å². The molecule has 3 N–H and O–H groups in total. The smallest absolute Gasteiger partial charge is 0.210 e. The van der Waals surface area contributed by atoms with Crippen LogP contribution in [-0.2, 0) is 9.84 Å². The number of aryl methyl sites for hydroxylation is 1. The Morgan fingerprint density at radius 1 is 1.14 bits per heavy atom. The van der Waals surface area contributed by atoms with Crippen molar-refractivity contribution in [2.45, 2.75) is 23.1 Å². The van der Waals surface area contributed by atoms with E-state index in [1.54, 1.807) is 54.4 Å². The Balaban J connectivity index is 2.03. The largest absolute Gasteiger partial charge is 0.396 e. The predicted molar refractivity (Wildman–Crippen MR) is 108 cm³/mol. The van der Waals surface area contributed by atoms with Crippen molar-refractivity contribution in [3.05, 3.63) is 54.2 Å². The summed E-state index contributed by atoms with van der Waals surface area (Å²) >= 11 is 0. The van der Waals surface area contributed by atoms with Gasteiger partial charge in [-0.1, -0.05) is 18.2 Å². The van der Waals surface area contributed by atoms with Crippen molar-refractivity contribution in [1.82, 2.24) is 15.2 Å². The van der Waals surface area contributed by atoms with Crippen LogP contribution in [0.25, 0.3) is 0 Å². The number of benzene rings is 1. The summed E-state index contributed by atoms with van der Waals surface area (Å²) in [6.45, 7) is 2.36. The molecule has 0 aliphatic heterocycles. The zero-order valence-corrected chi connectivity index (χ0v) is 16.6. The first kappa shape index (κ1) is 19.8. The second kappa shape index (κ2) is 8.41. The highest BCUT2D eigenvalue weighted by Crippen LogP contribution is 2.30. The van der Waals surface area contributed by atoms with Gasteiger partial charge in [0.2, 0.25) is 9.84 Å². The van der Waals surface area contributed by atoms with Gasteiger partial charge in [-0.15, -0.1) is 0 Å². The van der Waals surface area contributed by atoms with E-state index in [9.17, 15) is 8.42 Å². The number of aliphatic hydroxyl groups is 1. The van der Waals surface area contributed by atoms with Crippen LogP contribution in [0, 0.1) is 6.92 Å². The van der Waals surface area contributed by atoms with E-state index in [1.807, 2.05) is 13.0 Å². The third-order valence-corrected chi connectivity index (χ3v) is 5.95. The molecular formula is C19H23N5O3S. The highest BCUT2D eigenvalue weighted by atomic mass is 32.2. The van der Waals surface area contributed by atoms with Gasteiger partial charge in [0.1, 0.15) is 16.5 Å². The maximum atomic E-state index is 13.2. The average Bonchev–Trinajstić information content (AvgIpc) is 3.11. The number of anilines is 3. The molecule has 3 rings (SSSR count). The molecule has 0 atom stereocenters. The zero-order chi connectivity index (χ0) is 20.1. The van der Waals surface area contributed by atoms with E-state index in [0.717, 1.165) is 5.69 Å². The van der Waals surface area contributed by atoms with Crippen LogP contribution >= 0.6 is 0 Å². The molecule has 2 aromatic heterocycles.